The lowest BCUT2D eigenvalue weighted by molar-refractivity contribution is -0.384. The molecule has 0 aliphatic rings. The monoisotopic (exact) mass is 332 g/mol. The molecule has 0 amide bonds. The largest absolute Gasteiger partial charge is 0.433 e. The van der Waals surface area contributed by atoms with Crippen molar-refractivity contribution in [3.8, 4) is 0 Å². The summed E-state index contributed by atoms with van der Waals surface area (Å²) in [5, 5.41) is 11.6. The Morgan fingerprint density at radius 2 is 1.62 bits per heavy atom. The van der Waals surface area contributed by atoms with Crippen LogP contribution in [0.5, 0.6) is 0 Å². The fourth-order valence-corrected chi connectivity index (χ4v) is 2.64. The van der Waals surface area contributed by atoms with E-state index in [-0.39, 0.29) is 17.3 Å². The van der Waals surface area contributed by atoms with Crippen LogP contribution >= 0.6 is 0 Å². The predicted molar refractivity (Wildman–Crippen MR) is 82.6 cm³/mol. The Morgan fingerprint density at radius 1 is 1.00 bits per heavy atom. The highest BCUT2D eigenvalue weighted by Gasteiger charge is 2.39. The standard InChI is InChI=1S/C17H11F3N2O2/c18-17(19,20)16-13(10-11-6-2-1-3-7-11)15(22(23)24)12-8-4-5-9-14(12)21-16/h1-9H,10H2. The molecule has 0 atom stereocenters. The SMILES string of the molecule is O=[N+]([O-])c1c(Cc2ccccc2)c(C(F)(F)F)nc2ccccc12. The van der Waals surface area contributed by atoms with Gasteiger partial charge in [0.1, 0.15) is 0 Å². The molecule has 3 aromatic rings. The van der Waals surface area contributed by atoms with Gasteiger partial charge in [-0.1, -0.05) is 42.5 Å². The molecule has 0 N–H and O–H groups in total. The minimum absolute atomic E-state index is 0.0478. The van der Waals surface area contributed by atoms with Gasteiger partial charge in [-0.3, -0.25) is 10.1 Å². The smallest absolute Gasteiger partial charge is 0.258 e. The Bertz CT molecular complexity index is 909. The number of hydrogen-bond donors (Lipinski definition) is 0. The molecule has 0 bridgehead atoms. The summed E-state index contributed by atoms with van der Waals surface area (Å²) in [6, 6.07) is 14.1. The van der Waals surface area contributed by atoms with Gasteiger partial charge in [0.2, 0.25) is 0 Å². The van der Waals surface area contributed by atoms with E-state index in [2.05, 4.69) is 4.98 Å². The van der Waals surface area contributed by atoms with Crippen LogP contribution in [0.25, 0.3) is 10.9 Å². The summed E-state index contributed by atoms with van der Waals surface area (Å²) in [6.07, 6.45) is -5.00. The molecular weight excluding hydrogens is 321 g/mol. The van der Waals surface area contributed by atoms with E-state index >= 15 is 0 Å². The molecule has 0 saturated heterocycles. The molecule has 0 radical (unpaired) electrons. The van der Waals surface area contributed by atoms with Crippen LogP contribution in [0, 0.1) is 10.1 Å². The van der Waals surface area contributed by atoms with Crippen molar-refractivity contribution in [2.45, 2.75) is 12.6 Å². The summed E-state index contributed by atoms with van der Waals surface area (Å²) in [7, 11) is 0. The van der Waals surface area contributed by atoms with Crippen molar-refractivity contribution in [1.29, 1.82) is 0 Å². The maximum atomic E-state index is 13.4. The molecule has 2 aromatic carbocycles. The molecule has 24 heavy (non-hydrogen) atoms. The number of rotatable bonds is 3. The average Bonchev–Trinajstić information content (AvgIpc) is 2.53. The van der Waals surface area contributed by atoms with E-state index in [1.807, 2.05) is 0 Å². The summed E-state index contributed by atoms with van der Waals surface area (Å²) in [6.45, 7) is 0. The van der Waals surface area contributed by atoms with Crippen LogP contribution in [-0.2, 0) is 12.6 Å². The van der Waals surface area contributed by atoms with Gasteiger partial charge in [0.05, 0.1) is 21.4 Å². The summed E-state index contributed by atoms with van der Waals surface area (Å²) in [4.78, 5) is 14.4. The number of hydrogen-bond acceptors (Lipinski definition) is 3. The lowest BCUT2D eigenvalue weighted by atomic mass is 9.98. The van der Waals surface area contributed by atoms with Crippen LogP contribution in [0.15, 0.2) is 54.6 Å². The third-order valence-electron chi connectivity index (χ3n) is 3.64. The third kappa shape index (κ3) is 2.92. The van der Waals surface area contributed by atoms with E-state index in [1.54, 1.807) is 30.3 Å². The Balaban J connectivity index is 2.34. The van der Waals surface area contributed by atoms with Crippen molar-refractivity contribution in [2.24, 2.45) is 0 Å². The predicted octanol–water partition coefficient (Wildman–Crippen LogP) is 4.75. The first-order valence-corrected chi connectivity index (χ1v) is 7.05. The Hall–Kier alpha value is -2.96. The van der Waals surface area contributed by atoms with Crippen LogP contribution in [0.1, 0.15) is 16.8 Å². The van der Waals surface area contributed by atoms with Crippen molar-refractivity contribution in [3.05, 3.63) is 81.5 Å². The Kier molecular flexibility index (Phi) is 3.92. The van der Waals surface area contributed by atoms with Crippen LogP contribution in [0.2, 0.25) is 0 Å². The molecule has 0 fully saturated rings. The minimum Gasteiger partial charge on any atom is -0.258 e. The van der Waals surface area contributed by atoms with Gasteiger partial charge in [0, 0.05) is 6.42 Å². The number of para-hydroxylation sites is 1. The van der Waals surface area contributed by atoms with Gasteiger partial charge in [-0.2, -0.15) is 13.2 Å². The number of aromatic nitrogens is 1. The van der Waals surface area contributed by atoms with E-state index in [0.29, 0.717) is 5.56 Å². The number of benzene rings is 2. The van der Waals surface area contributed by atoms with Crippen LogP contribution in [0.3, 0.4) is 0 Å². The molecular formula is C17H11F3N2O2. The zero-order valence-electron chi connectivity index (χ0n) is 12.2. The molecule has 0 aliphatic heterocycles. The lowest BCUT2D eigenvalue weighted by Gasteiger charge is -2.14. The Morgan fingerprint density at radius 3 is 2.25 bits per heavy atom. The van der Waals surface area contributed by atoms with Crippen LogP contribution < -0.4 is 0 Å². The number of nitrogens with zero attached hydrogens (tertiary/aromatic N) is 2. The van der Waals surface area contributed by atoms with Crippen molar-refractivity contribution in [2.75, 3.05) is 0 Å². The lowest BCUT2D eigenvalue weighted by Crippen LogP contribution is -2.15. The van der Waals surface area contributed by atoms with Gasteiger partial charge in [-0.05, 0) is 17.7 Å². The van der Waals surface area contributed by atoms with Crippen LogP contribution in [-0.4, -0.2) is 9.91 Å². The molecule has 1 heterocycles. The van der Waals surface area contributed by atoms with E-state index in [0.717, 1.165) is 0 Å². The zero-order valence-corrected chi connectivity index (χ0v) is 12.2. The molecule has 0 saturated carbocycles. The van der Waals surface area contributed by atoms with Crippen molar-refractivity contribution in [1.82, 2.24) is 4.98 Å². The number of halogens is 3. The summed E-state index contributed by atoms with van der Waals surface area (Å²) >= 11 is 0. The zero-order chi connectivity index (χ0) is 17.3. The molecule has 3 rings (SSSR count). The molecule has 0 aliphatic carbocycles. The van der Waals surface area contributed by atoms with Gasteiger partial charge < -0.3 is 0 Å². The van der Waals surface area contributed by atoms with Crippen LogP contribution in [0.4, 0.5) is 18.9 Å². The summed E-state index contributed by atoms with van der Waals surface area (Å²) < 4.78 is 40.3. The highest BCUT2D eigenvalue weighted by Crippen LogP contribution is 2.39. The maximum absolute atomic E-state index is 13.4. The fourth-order valence-electron chi connectivity index (χ4n) is 2.64. The van der Waals surface area contributed by atoms with E-state index in [4.69, 9.17) is 0 Å². The quantitative estimate of drug-likeness (QED) is 0.513. The highest BCUT2D eigenvalue weighted by molar-refractivity contribution is 5.90. The summed E-state index contributed by atoms with van der Waals surface area (Å²) in [5.41, 5.74) is -1.68. The first kappa shape index (κ1) is 15.9. The molecule has 1 aromatic heterocycles. The molecule has 122 valence electrons. The molecule has 4 nitrogen and oxygen atoms in total. The first-order valence-electron chi connectivity index (χ1n) is 7.05. The highest BCUT2D eigenvalue weighted by atomic mass is 19.4. The average molecular weight is 332 g/mol. The molecule has 7 heteroatoms. The Labute approximate surface area is 134 Å². The number of pyridine rings is 1. The van der Waals surface area contributed by atoms with Gasteiger partial charge in [-0.15, -0.1) is 0 Å². The summed E-state index contributed by atoms with van der Waals surface area (Å²) in [5.74, 6) is 0. The normalized spacial score (nSPS) is 11.6. The van der Waals surface area contributed by atoms with Crippen molar-refractivity contribution in [3.63, 3.8) is 0 Å². The number of alkyl halides is 3. The van der Waals surface area contributed by atoms with Gasteiger partial charge >= 0.3 is 6.18 Å². The second-order valence-electron chi connectivity index (χ2n) is 5.22. The maximum Gasteiger partial charge on any atom is 0.433 e. The number of fused-ring (bicyclic) bond motifs is 1. The van der Waals surface area contributed by atoms with Gasteiger partial charge in [0.15, 0.2) is 5.69 Å². The van der Waals surface area contributed by atoms with E-state index in [1.165, 1.54) is 24.3 Å². The second kappa shape index (κ2) is 5.92. The van der Waals surface area contributed by atoms with E-state index < -0.39 is 28.0 Å². The minimum atomic E-state index is -4.78. The van der Waals surface area contributed by atoms with E-state index in [9.17, 15) is 23.3 Å². The third-order valence-corrected chi connectivity index (χ3v) is 3.64. The van der Waals surface area contributed by atoms with Crippen molar-refractivity contribution >= 4 is 16.6 Å². The topological polar surface area (TPSA) is 56.0 Å². The fraction of sp³-hybridized carbons (Fsp3) is 0.118. The van der Waals surface area contributed by atoms with Gasteiger partial charge in [0.25, 0.3) is 5.69 Å². The second-order valence-corrected chi connectivity index (χ2v) is 5.22. The first-order chi connectivity index (χ1) is 11.4. The molecule has 0 spiro atoms. The van der Waals surface area contributed by atoms with Gasteiger partial charge in [-0.25, -0.2) is 4.98 Å². The molecule has 0 unspecified atom stereocenters. The number of nitro groups is 1. The van der Waals surface area contributed by atoms with Crippen molar-refractivity contribution < 1.29 is 18.1 Å².